The van der Waals surface area contributed by atoms with Gasteiger partial charge in [0.25, 0.3) is 0 Å². The van der Waals surface area contributed by atoms with Gasteiger partial charge in [-0.05, 0) is 103 Å². The van der Waals surface area contributed by atoms with Crippen molar-refractivity contribution < 1.29 is 24.2 Å². The summed E-state index contributed by atoms with van der Waals surface area (Å²) in [6.45, 7) is 4.86. The van der Waals surface area contributed by atoms with Crippen LogP contribution in [0.4, 0.5) is 0 Å². The Morgan fingerprint density at radius 2 is 1.08 bits per heavy atom. The smallest absolute Gasteiger partial charge is 0.326 e. The first-order valence-electron chi connectivity index (χ1n) is 21.0. The van der Waals surface area contributed by atoms with Crippen molar-refractivity contribution in [3.63, 3.8) is 0 Å². The van der Waals surface area contributed by atoms with Crippen LogP contribution >= 0.6 is 0 Å². The predicted octanol–water partition coefficient (Wildman–Crippen LogP) is 11.6. The summed E-state index contributed by atoms with van der Waals surface area (Å²) in [6.07, 6.45) is 46.2. The molecular weight excluding hydrogens is 636 g/mol. The van der Waals surface area contributed by atoms with Gasteiger partial charge in [0.05, 0.1) is 0 Å². The molecule has 0 saturated heterocycles. The van der Waals surface area contributed by atoms with Gasteiger partial charge < -0.3 is 20.9 Å². The second kappa shape index (κ2) is 38.6. The molecule has 0 fully saturated rings. The Hall–Kier alpha value is -2.67. The Bertz CT molecular complexity index is 942. The summed E-state index contributed by atoms with van der Waals surface area (Å²) in [5, 5.41) is 11.9. The fourth-order valence-electron chi connectivity index (χ4n) is 5.89. The molecule has 4 N–H and O–H groups in total. The van der Waals surface area contributed by atoms with E-state index in [0.29, 0.717) is 38.6 Å². The third kappa shape index (κ3) is 35.5. The number of carbonyl (C=O) groups excluding carboxylic acids is 2. The zero-order valence-corrected chi connectivity index (χ0v) is 32.9. The highest BCUT2D eigenvalue weighted by Gasteiger charge is 2.19. The first-order chi connectivity index (χ1) is 24.9. The van der Waals surface area contributed by atoms with Crippen LogP contribution in [-0.4, -0.2) is 41.6 Å². The monoisotopic (exact) mass is 715 g/mol. The number of unbranched alkanes of at least 4 members (excludes halogenated alkanes) is 17. The van der Waals surface area contributed by atoms with Crippen LogP contribution in [0.2, 0.25) is 0 Å². The molecular formula is C44H78N2O5. The molecule has 0 aliphatic carbocycles. The molecule has 7 nitrogen and oxygen atoms in total. The number of hydrogen-bond donors (Lipinski definition) is 3. The van der Waals surface area contributed by atoms with Crippen molar-refractivity contribution >= 4 is 17.8 Å². The van der Waals surface area contributed by atoms with E-state index in [9.17, 15) is 19.5 Å². The normalized spacial score (nSPS) is 13.2. The highest BCUT2D eigenvalue weighted by atomic mass is 16.5. The topological polar surface area (TPSA) is 119 Å². The zero-order valence-electron chi connectivity index (χ0n) is 32.9. The van der Waals surface area contributed by atoms with Crippen LogP contribution in [0, 0.1) is 0 Å². The number of carboxylic acids is 1. The number of aliphatic carboxylic acids is 1. The summed E-state index contributed by atoms with van der Waals surface area (Å²) in [5.41, 5.74) is 5.47. The lowest BCUT2D eigenvalue weighted by Crippen LogP contribution is -2.40. The largest absolute Gasteiger partial charge is 0.480 e. The molecule has 0 rings (SSSR count). The van der Waals surface area contributed by atoms with E-state index in [4.69, 9.17) is 10.5 Å². The lowest BCUT2D eigenvalue weighted by atomic mass is 10.1. The van der Waals surface area contributed by atoms with Gasteiger partial charge in [0.2, 0.25) is 5.91 Å². The number of hydrogen-bond acceptors (Lipinski definition) is 5. The van der Waals surface area contributed by atoms with Crippen molar-refractivity contribution in [1.82, 2.24) is 5.32 Å². The summed E-state index contributed by atoms with van der Waals surface area (Å²) < 4.78 is 5.87. The van der Waals surface area contributed by atoms with Crippen LogP contribution in [0.5, 0.6) is 0 Å². The standard InChI is InChI=1S/C44H78N2O5/c1-3-5-7-9-10-11-12-13-14-15-16-17-18-19-20-21-22-23-24-26-32-38-43(48)51-40(34-29-25-8-6-4-2)35-30-27-28-31-37-42(47)46-41(44(49)50)36-33-39-45/h12-13,15-16,18-19,29,34,40-41H,3-11,14,17,20-28,30-33,35-39,45H2,1-2H3,(H,46,47)(H,49,50)/b13-12-,16-15-,19-18-,34-29-. The molecule has 0 aromatic heterocycles. The molecule has 2 unspecified atom stereocenters. The van der Waals surface area contributed by atoms with Crippen molar-refractivity contribution in [2.75, 3.05) is 6.54 Å². The van der Waals surface area contributed by atoms with Crippen LogP contribution in [0.15, 0.2) is 48.6 Å². The fraction of sp³-hybridized carbons (Fsp3) is 0.750. The van der Waals surface area contributed by atoms with Crippen LogP contribution in [0.25, 0.3) is 0 Å². The molecule has 0 aromatic carbocycles. The Morgan fingerprint density at radius 1 is 0.588 bits per heavy atom. The van der Waals surface area contributed by atoms with Gasteiger partial charge in [-0.3, -0.25) is 9.59 Å². The SMILES string of the molecule is CCCCC/C=C\C(CCCCCCC(=O)NC(CCCN)C(=O)O)OC(=O)CCCCCCCC/C=C\C/C=C\C/C=C\CCCCCCC. The molecule has 0 aromatic rings. The van der Waals surface area contributed by atoms with E-state index >= 15 is 0 Å². The van der Waals surface area contributed by atoms with E-state index in [1.54, 1.807) is 0 Å². The van der Waals surface area contributed by atoms with E-state index in [0.717, 1.165) is 77.0 Å². The van der Waals surface area contributed by atoms with Gasteiger partial charge in [-0.1, -0.05) is 133 Å². The lowest BCUT2D eigenvalue weighted by Gasteiger charge is -2.15. The molecule has 2 atom stereocenters. The van der Waals surface area contributed by atoms with Crippen molar-refractivity contribution in [2.45, 2.75) is 206 Å². The van der Waals surface area contributed by atoms with Crippen molar-refractivity contribution in [3.8, 4) is 0 Å². The van der Waals surface area contributed by atoms with Gasteiger partial charge >= 0.3 is 11.9 Å². The molecule has 7 heteroatoms. The van der Waals surface area contributed by atoms with Gasteiger partial charge in [0.15, 0.2) is 0 Å². The number of esters is 1. The molecule has 0 spiro atoms. The van der Waals surface area contributed by atoms with E-state index in [2.05, 4.69) is 67.8 Å². The number of amides is 1. The third-order valence-corrected chi connectivity index (χ3v) is 9.10. The highest BCUT2D eigenvalue weighted by molar-refractivity contribution is 5.83. The predicted molar refractivity (Wildman–Crippen MR) is 216 cm³/mol. The molecule has 0 aliphatic heterocycles. The number of rotatable bonds is 37. The van der Waals surface area contributed by atoms with Crippen molar-refractivity contribution in [1.29, 1.82) is 0 Å². The third-order valence-electron chi connectivity index (χ3n) is 9.10. The average Bonchev–Trinajstić information content (AvgIpc) is 3.11. The number of nitrogens with two attached hydrogens (primary N) is 1. The first-order valence-corrected chi connectivity index (χ1v) is 21.0. The molecule has 0 heterocycles. The van der Waals surface area contributed by atoms with E-state index in [-0.39, 0.29) is 18.0 Å². The van der Waals surface area contributed by atoms with E-state index in [1.807, 2.05) is 0 Å². The molecule has 0 bridgehead atoms. The summed E-state index contributed by atoms with van der Waals surface area (Å²) in [4.78, 5) is 36.2. The Kier molecular flexibility index (Phi) is 36.5. The number of nitrogens with one attached hydrogen (secondary N) is 1. The van der Waals surface area contributed by atoms with Crippen LogP contribution < -0.4 is 11.1 Å². The highest BCUT2D eigenvalue weighted by Crippen LogP contribution is 2.15. The van der Waals surface area contributed by atoms with Gasteiger partial charge in [-0.25, -0.2) is 4.79 Å². The minimum absolute atomic E-state index is 0.106. The maximum Gasteiger partial charge on any atom is 0.326 e. The van der Waals surface area contributed by atoms with Crippen LogP contribution in [-0.2, 0) is 19.1 Å². The molecule has 294 valence electrons. The first kappa shape index (κ1) is 48.3. The van der Waals surface area contributed by atoms with E-state index < -0.39 is 12.0 Å². The van der Waals surface area contributed by atoms with Crippen molar-refractivity contribution in [2.24, 2.45) is 5.73 Å². The Labute approximate surface area is 313 Å². The number of allylic oxidation sites excluding steroid dienone is 7. The molecule has 0 radical (unpaired) electrons. The second-order valence-electron chi connectivity index (χ2n) is 14.0. The number of carbonyl (C=O) groups is 3. The molecule has 1 amide bonds. The Morgan fingerprint density at radius 3 is 1.69 bits per heavy atom. The average molecular weight is 715 g/mol. The fourth-order valence-corrected chi connectivity index (χ4v) is 5.89. The molecule has 0 saturated carbocycles. The van der Waals surface area contributed by atoms with E-state index in [1.165, 1.54) is 70.6 Å². The van der Waals surface area contributed by atoms with Crippen LogP contribution in [0.1, 0.15) is 194 Å². The molecule has 0 aliphatic rings. The zero-order chi connectivity index (χ0) is 37.5. The van der Waals surface area contributed by atoms with Gasteiger partial charge in [-0.15, -0.1) is 0 Å². The number of ether oxygens (including phenoxy) is 1. The second-order valence-corrected chi connectivity index (χ2v) is 14.0. The minimum atomic E-state index is -1.02. The Balaban J connectivity index is 4.08. The summed E-state index contributed by atoms with van der Waals surface area (Å²) >= 11 is 0. The summed E-state index contributed by atoms with van der Waals surface area (Å²) in [7, 11) is 0. The number of carboxylic acid groups (broad SMARTS) is 1. The summed E-state index contributed by atoms with van der Waals surface area (Å²) in [5.74, 6) is -1.35. The van der Waals surface area contributed by atoms with Crippen LogP contribution in [0.3, 0.4) is 0 Å². The van der Waals surface area contributed by atoms with Gasteiger partial charge in [-0.2, -0.15) is 0 Å². The minimum Gasteiger partial charge on any atom is -0.480 e. The summed E-state index contributed by atoms with van der Waals surface area (Å²) in [6, 6.07) is -0.872. The quantitative estimate of drug-likeness (QED) is 0.0335. The maximum atomic E-state index is 12.6. The van der Waals surface area contributed by atoms with Gasteiger partial charge in [0.1, 0.15) is 12.1 Å². The van der Waals surface area contributed by atoms with Crippen molar-refractivity contribution in [3.05, 3.63) is 48.6 Å². The molecule has 51 heavy (non-hydrogen) atoms. The van der Waals surface area contributed by atoms with Gasteiger partial charge in [0, 0.05) is 12.8 Å². The lowest BCUT2D eigenvalue weighted by molar-refractivity contribution is -0.147. The maximum absolute atomic E-state index is 12.6.